The summed E-state index contributed by atoms with van der Waals surface area (Å²) < 4.78 is 10.5. The number of amides is 3. The number of rotatable bonds is 7. The SMILES string of the molecule is COc1ccc(NC(=O)NCc2cccc(C(=O)Nc3ccc4c(c3)CCNC4)c2)cc1OC. The molecule has 0 saturated carbocycles. The number of urea groups is 1. The van der Waals surface area contributed by atoms with Crippen LogP contribution in [0.2, 0.25) is 0 Å². The Kier molecular flexibility index (Phi) is 7.29. The molecule has 8 heteroatoms. The summed E-state index contributed by atoms with van der Waals surface area (Å²) in [5.41, 5.74) is 5.22. The topological polar surface area (TPSA) is 101 Å². The maximum absolute atomic E-state index is 12.8. The molecule has 0 aromatic heterocycles. The molecular formula is C26H28N4O4. The molecule has 0 unspecified atom stereocenters. The predicted molar refractivity (Wildman–Crippen MR) is 132 cm³/mol. The number of hydrogen-bond acceptors (Lipinski definition) is 5. The van der Waals surface area contributed by atoms with Crippen molar-refractivity contribution in [2.45, 2.75) is 19.5 Å². The Morgan fingerprint density at radius 2 is 1.68 bits per heavy atom. The molecule has 3 amide bonds. The third-order valence-corrected chi connectivity index (χ3v) is 5.63. The molecule has 0 fully saturated rings. The summed E-state index contributed by atoms with van der Waals surface area (Å²) in [6.45, 7) is 2.07. The van der Waals surface area contributed by atoms with E-state index in [2.05, 4.69) is 27.3 Å². The average Bonchev–Trinajstić information content (AvgIpc) is 2.87. The molecule has 1 aliphatic rings. The van der Waals surface area contributed by atoms with E-state index in [0.717, 1.165) is 30.8 Å². The second kappa shape index (κ2) is 10.7. The van der Waals surface area contributed by atoms with E-state index in [0.29, 0.717) is 22.7 Å². The van der Waals surface area contributed by atoms with E-state index in [9.17, 15) is 9.59 Å². The minimum atomic E-state index is -0.370. The van der Waals surface area contributed by atoms with Gasteiger partial charge in [0.15, 0.2) is 11.5 Å². The van der Waals surface area contributed by atoms with Gasteiger partial charge in [-0.15, -0.1) is 0 Å². The molecule has 176 valence electrons. The highest BCUT2D eigenvalue weighted by Gasteiger charge is 2.12. The van der Waals surface area contributed by atoms with Crippen LogP contribution in [0.3, 0.4) is 0 Å². The van der Waals surface area contributed by atoms with Gasteiger partial charge in [-0.25, -0.2) is 4.79 Å². The van der Waals surface area contributed by atoms with Crippen LogP contribution >= 0.6 is 0 Å². The summed E-state index contributed by atoms with van der Waals surface area (Å²) >= 11 is 0. The fraction of sp³-hybridized carbons (Fsp3) is 0.231. The summed E-state index contributed by atoms with van der Waals surface area (Å²) in [5, 5.41) is 11.9. The van der Waals surface area contributed by atoms with Gasteiger partial charge in [0.1, 0.15) is 0 Å². The van der Waals surface area contributed by atoms with Crippen LogP contribution < -0.4 is 30.7 Å². The van der Waals surface area contributed by atoms with Crippen molar-refractivity contribution in [3.8, 4) is 11.5 Å². The Bertz CT molecular complexity index is 1200. The lowest BCUT2D eigenvalue weighted by atomic mass is 10.0. The summed E-state index contributed by atoms with van der Waals surface area (Å²) in [6, 6.07) is 18.0. The second-order valence-corrected chi connectivity index (χ2v) is 7.94. The molecule has 0 atom stereocenters. The number of ether oxygens (including phenoxy) is 2. The van der Waals surface area contributed by atoms with Crippen LogP contribution in [0, 0.1) is 0 Å². The molecule has 0 aliphatic carbocycles. The van der Waals surface area contributed by atoms with Crippen molar-refractivity contribution in [2.75, 3.05) is 31.4 Å². The van der Waals surface area contributed by atoms with E-state index in [1.807, 2.05) is 18.2 Å². The Labute approximate surface area is 198 Å². The van der Waals surface area contributed by atoms with E-state index in [1.54, 1.807) is 43.5 Å². The number of benzene rings is 3. The number of hydrogen-bond donors (Lipinski definition) is 4. The first kappa shape index (κ1) is 23.1. The lowest BCUT2D eigenvalue weighted by Crippen LogP contribution is -2.28. The Morgan fingerprint density at radius 1 is 0.882 bits per heavy atom. The number of anilines is 2. The first-order valence-corrected chi connectivity index (χ1v) is 11.1. The predicted octanol–water partition coefficient (Wildman–Crippen LogP) is 3.92. The van der Waals surface area contributed by atoms with Crippen LogP contribution in [0.15, 0.2) is 60.7 Å². The van der Waals surface area contributed by atoms with Crippen LogP contribution in [0.5, 0.6) is 11.5 Å². The maximum Gasteiger partial charge on any atom is 0.319 e. The monoisotopic (exact) mass is 460 g/mol. The highest BCUT2D eigenvalue weighted by molar-refractivity contribution is 6.04. The van der Waals surface area contributed by atoms with E-state index >= 15 is 0 Å². The second-order valence-electron chi connectivity index (χ2n) is 7.94. The third kappa shape index (κ3) is 5.65. The Morgan fingerprint density at radius 3 is 2.50 bits per heavy atom. The van der Waals surface area contributed by atoms with Gasteiger partial charge in [-0.05, 0) is 66.1 Å². The van der Waals surface area contributed by atoms with Crippen molar-refractivity contribution in [1.82, 2.24) is 10.6 Å². The van der Waals surface area contributed by atoms with Gasteiger partial charge in [0.2, 0.25) is 0 Å². The van der Waals surface area contributed by atoms with Gasteiger partial charge in [-0.3, -0.25) is 4.79 Å². The van der Waals surface area contributed by atoms with E-state index < -0.39 is 0 Å². The molecule has 1 aliphatic heterocycles. The summed E-state index contributed by atoms with van der Waals surface area (Å²) in [6.07, 6.45) is 0.950. The van der Waals surface area contributed by atoms with Crippen molar-refractivity contribution in [3.63, 3.8) is 0 Å². The molecular weight excluding hydrogens is 432 g/mol. The molecule has 34 heavy (non-hydrogen) atoms. The fourth-order valence-corrected chi connectivity index (χ4v) is 3.85. The van der Waals surface area contributed by atoms with Crippen molar-refractivity contribution in [1.29, 1.82) is 0 Å². The molecule has 4 rings (SSSR count). The van der Waals surface area contributed by atoms with Crippen LogP contribution in [-0.4, -0.2) is 32.7 Å². The first-order valence-electron chi connectivity index (χ1n) is 11.1. The van der Waals surface area contributed by atoms with E-state index in [-0.39, 0.29) is 18.5 Å². The molecule has 0 bridgehead atoms. The van der Waals surface area contributed by atoms with E-state index in [1.165, 1.54) is 18.2 Å². The van der Waals surface area contributed by atoms with Crippen LogP contribution in [0.4, 0.5) is 16.2 Å². The highest BCUT2D eigenvalue weighted by Crippen LogP contribution is 2.29. The number of carbonyl (C=O) groups excluding carboxylic acids is 2. The van der Waals surface area contributed by atoms with Crippen molar-refractivity contribution >= 4 is 23.3 Å². The number of nitrogens with one attached hydrogen (secondary N) is 4. The quantitative estimate of drug-likeness (QED) is 0.428. The standard InChI is InChI=1S/C26H28N4O4/c1-33-23-9-8-22(14-24(23)34-2)30-26(32)28-15-17-4-3-5-19(12-17)25(31)29-21-7-6-20-16-27-11-10-18(20)13-21/h3-9,12-14,27H,10-11,15-16H2,1-2H3,(H,29,31)(H2,28,30,32). The average molecular weight is 461 g/mol. The lowest BCUT2D eigenvalue weighted by molar-refractivity contribution is 0.102. The number of fused-ring (bicyclic) bond motifs is 1. The number of methoxy groups -OCH3 is 2. The smallest absolute Gasteiger partial charge is 0.319 e. The Hall–Kier alpha value is -4.04. The van der Waals surface area contributed by atoms with Crippen LogP contribution in [0.1, 0.15) is 27.0 Å². The summed E-state index contributed by atoms with van der Waals surface area (Å²) in [4.78, 5) is 25.1. The summed E-state index contributed by atoms with van der Waals surface area (Å²) in [7, 11) is 3.09. The normalized spacial score (nSPS) is 12.3. The highest BCUT2D eigenvalue weighted by atomic mass is 16.5. The van der Waals surface area contributed by atoms with Gasteiger partial charge >= 0.3 is 6.03 Å². The van der Waals surface area contributed by atoms with Crippen LogP contribution in [0.25, 0.3) is 0 Å². The van der Waals surface area contributed by atoms with Gasteiger partial charge in [-0.2, -0.15) is 0 Å². The molecule has 1 heterocycles. The molecule has 8 nitrogen and oxygen atoms in total. The molecule has 0 saturated heterocycles. The zero-order chi connectivity index (χ0) is 23.9. The van der Waals surface area contributed by atoms with Gasteiger partial charge < -0.3 is 30.7 Å². The molecule has 3 aromatic rings. The van der Waals surface area contributed by atoms with Gasteiger partial charge in [0.05, 0.1) is 14.2 Å². The minimum absolute atomic E-state index is 0.189. The zero-order valence-electron chi connectivity index (χ0n) is 19.2. The van der Waals surface area contributed by atoms with Crippen molar-refractivity contribution < 1.29 is 19.1 Å². The number of carbonyl (C=O) groups is 2. The molecule has 0 spiro atoms. The van der Waals surface area contributed by atoms with Crippen molar-refractivity contribution in [3.05, 3.63) is 82.9 Å². The van der Waals surface area contributed by atoms with Crippen LogP contribution in [-0.2, 0) is 19.5 Å². The minimum Gasteiger partial charge on any atom is -0.493 e. The first-order chi connectivity index (χ1) is 16.6. The van der Waals surface area contributed by atoms with E-state index in [4.69, 9.17) is 9.47 Å². The molecule has 4 N–H and O–H groups in total. The third-order valence-electron chi connectivity index (χ3n) is 5.63. The van der Waals surface area contributed by atoms with Gasteiger partial charge in [0, 0.05) is 36.1 Å². The fourth-order valence-electron chi connectivity index (χ4n) is 3.85. The van der Waals surface area contributed by atoms with Gasteiger partial charge in [0.25, 0.3) is 5.91 Å². The molecule has 0 radical (unpaired) electrons. The Balaban J connectivity index is 1.34. The zero-order valence-corrected chi connectivity index (χ0v) is 19.2. The largest absolute Gasteiger partial charge is 0.493 e. The molecule has 3 aromatic carbocycles. The maximum atomic E-state index is 12.8. The lowest BCUT2D eigenvalue weighted by Gasteiger charge is -2.18. The summed E-state index contributed by atoms with van der Waals surface area (Å²) in [5.74, 6) is 0.913. The van der Waals surface area contributed by atoms with Gasteiger partial charge in [-0.1, -0.05) is 18.2 Å². The van der Waals surface area contributed by atoms with Crippen molar-refractivity contribution in [2.24, 2.45) is 0 Å².